The van der Waals surface area contributed by atoms with Crippen LogP contribution in [0.2, 0.25) is 5.02 Å². The second-order valence-electron chi connectivity index (χ2n) is 3.32. The monoisotopic (exact) mass is 261 g/mol. The summed E-state index contributed by atoms with van der Waals surface area (Å²) < 4.78 is 24.1. The van der Waals surface area contributed by atoms with Gasteiger partial charge in [0.25, 0.3) is 0 Å². The molecule has 0 fully saturated rings. The fourth-order valence-corrected chi connectivity index (χ4v) is 1.62. The summed E-state index contributed by atoms with van der Waals surface area (Å²) in [7, 11) is 0. The molecule has 0 aliphatic heterocycles. The van der Waals surface area contributed by atoms with E-state index < -0.39 is 6.29 Å². The van der Waals surface area contributed by atoms with Gasteiger partial charge in [-0.1, -0.05) is 17.7 Å². The van der Waals surface area contributed by atoms with Gasteiger partial charge in [0.05, 0.1) is 17.3 Å². The number of rotatable bonds is 7. The lowest BCUT2D eigenvalue weighted by atomic mass is 10.3. The van der Waals surface area contributed by atoms with Crippen molar-refractivity contribution >= 4 is 17.3 Å². The molecule has 1 N–H and O–H groups in total. The molecular formula is C12H17ClFNO2. The Morgan fingerprint density at radius 3 is 2.47 bits per heavy atom. The normalized spacial score (nSPS) is 10.9. The van der Waals surface area contributed by atoms with Crippen LogP contribution in [0.4, 0.5) is 10.1 Å². The standard InChI is InChI=1S/C12H17ClFNO2/c1-3-16-11(17-4-2)8-15-12-9(13)6-5-7-10(12)14/h5-7,11,15H,3-4,8H2,1-2H3. The molecule has 1 aromatic carbocycles. The molecule has 0 aliphatic carbocycles. The van der Waals surface area contributed by atoms with Crippen molar-refractivity contribution < 1.29 is 13.9 Å². The summed E-state index contributed by atoms with van der Waals surface area (Å²) in [6, 6.07) is 4.54. The quantitative estimate of drug-likeness (QED) is 0.764. The Bertz CT molecular complexity index is 323. The van der Waals surface area contributed by atoms with Crippen LogP contribution in [0.25, 0.3) is 0 Å². The van der Waals surface area contributed by atoms with Crippen molar-refractivity contribution in [2.45, 2.75) is 20.1 Å². The van der Waals surface area contributed by atoms with E-state index in [2.05, 4.69) is 5.32 Å². The number of benzene rings is 1. The zero-order valence-corrected chi connectivity index (χ0v) is 10.8. The number of hydrogen-bond acceptors (Lipinski definition) is 3. The second-order valence-corrected chi connectivity index (χ2v) is 3.73. The number of anilines is 1. The highest BCUT2D eigenvalue weighted by Gasteiger charge is 2.11. The van der Waals surface area contributed by atoms with Crippen molar-refractivity contribution in [2.75, 3.05) is 25.1 Å². The average molecular weight is 262 g/mol. The van der Waals surface area contributed by atoms with Crippen LogP contribution in [0.5, 0.6) is 0 Å². The number of para-hydroxylation sites is 1. The lowest BCUT2D eigenvalue weighted by molar-refractivity contribution is -0.126. The summed E-state index contributed by atoms with van der Waals surface area (Å²) in [5, 5.41) is 3.24. The molecule has 0 amide bonds. The SMILES string of the molecule is CCOC(CNc1c(F)cccc1Cl)OCC. The van der Waals surface area contributed by atoms with Gasteiger partial charge in [0.1, 0.15) is 5.82 Å². The van der Waals surface area contributed by atoms with Crippen LogP contribution in [0, 0.1) is 5.82 Å². The van der Waals surface area contributed by atoms with E-state index in [0.717, 1.165) is 0 Å². The highest BCUT2D eigenvalue weighted by Crippen LogP contribution is 2.24. The minimum Gasteiger partial charge on any atom is -0.376 e. The number of halogens is 2. The molecule has 0 spiro atoms. The van der Waals surface area contributed by atoms with Gasteiger partial charge in [-0.25, -0.2) is 4.39 Å². The Hall–Kier alpha value is -0.840. The summed E-state index contributed by atoms with van der Waals surface area (Å²) in [5.74, 6) is -0.385. The first-order chi connectivity index (χ1) is 8.19. The van der Waals surface area contributed by atoms with Gasteiger partial charge in [0, 0.05) is 13.2 Å². The fourth-order valence-electron chi connectivity index (χ4n) is 1.39. The Labute approximate surface area is 106 Å². The van der Waals surface area contributed by atoms with Crippen LogP contribution in [0.1, 0.15) is 13.8 Å². The van der Waals surface area contributed by atoms with E-state index in [4.69, 9.17) is 21.1 Å². The van der Waals surface area contributed by atoms with Gasteiger partial charge >= 0.3 is 0 Å². The minimum atomic E-state index is -0.402. The van der Waals surface area contributed by atoms with E-state index >= 15 is 0 Å². The summed E-state index contributed by atoms with van der Waals surface area (Å²) in [4.78, 5) is 0. The molecule has 0 aliphatic rings. The lowest BCUT2D eigenvalue weighted by Crippen LogP contribution is -2.26. The first-order valence-electron chi connectivity index (χ1n) is 5.60. The molecular weight excluding hydrogens is 245 g/mol. The summed E-state index contributed by atoms with van der Waals surface area (Å²) >= 11 is 5.88. The highest BCUT2D eigenvalue weighted by atomic mass is 35.5. The van der Waals surface area contributed by atoms with E-state index in [0.29, 0.717) is 24.8 Å². The van der Waals surface area contributed by atoms with Crippen LogP contribution in [0.15, 0.2) is 18.2 Å². The van der Waals surface area contributed by atoms with Crippen LogP contribution < -0.4 is 5.32 Å². The minimum absolute atomic E-state index is 0.276. The van der Waals surface area contributed by atoms with Crippen LogP contribution in [-0.4, -0.2) is 26.0 Å². The summed E-state index contributed by atoms with van der Waals surface area (Å²) in [5.41, 5.74) is 0.276. The third kappa shape index (κ3) is 4.50. The fraction of sp³-hybridized carbons (Fsp3) is 0.500. The molecule has 1 aromatic rings. The van der Waals surface area contributed by atoms with Gasteiger partial charge in [-0.05, 0) is 26.0 Å². The van der Waals surface area contributed by atoms with Gasteiger partial charge in [0.2, 0.25) is 0 Å². The maximum absolute atomic E-state index is 13.4. The van der Waals surface area contributed by atoms with Crippen molar-refractivity contribution in [1.82, 2.24) is 0 Å². The highest BCUT2D eigenvalue weighted by molar-refractivity contribution is 6.33. The average Bonchev–Trinajstić information content (AvgIpc) is 2.29. The van der Waals surface area contributed by atoms with Crippen molar-refractivity contribution in [3.05, 3.63) is 29.0 Å². The number of hydrogen-bond donors (Lipinski definition) is 1. The molecule has 3 nitrogen and oxygen atoms in total. The van der Waals surface area contributed by atoms with Crippen molar-refractivity contribution in [3.63, 3.8) is 0 Å². The van der Waals surface area contributed by atoms with Crippen molar-refractivity contribution in [3.8, 4) is 0 Å². The molecule has 0 radical (unpaired) electrons. The summed E-state index contributed by atoms with van der Waals surface area (Å²) in [6.45, 7) is 5.18. The van der Waals surface area contributed by atoms with Crippen molar-refractivity contribution in [1.29, 1.82) is 0 Å². The van der Waals surface area contributed by atoms with E-state index in [1.165, 1.54) is 6.07 Å². The Morgan fingerprint density at radius 2 is 1.94 bits per heavy atom. The van der Waals surface area contributed by atoms with E-state index in [9.17, 15) is 4.39 Å². The third-order valence-corrected chi connectivity index (χ3v) is 2.43. The Morgan fingerprint density at radius 1 is 1.29 bits per heavy atom. The third-order valence-electron chi connectivity index (χ3n) is 2.11. The van der Waals surface area contributed by atoms with Crippen LogP contribution in [0.3, 0.4) is 0 Å². The number of nitrogens with one attached hydrogen (secondary N) is 1. The molecule has 96 valence electrons. The zero-order valence-electron chi connectivity index (χ0n) is 10.0. The van der Waals surface area contributed by atoms with Gasteiger partial charge < -0.3 is 14.8 Å². The molecule has 0 atom stereocenters. The first-order valence-corrected chi connectivity index (χ1v) is 5.97. The maximum atomic E-state index is 13.4. The van der Waals surface area contributed by atoms with Gasteiger partial charge in [0.15, 0.2) is 6.29 Å². The predicted octanol–water partition coefficient (Wildman–Crippen LogP) is 3.29. The molecule has 0 aromatic heterocycles. The predicted molar refractivity (Wildman–Crippen MR) is 66.9 cm³/mol. The molecule has 5 heteroatoms. The summed E-state index contributed by atoms with van der Waals surface area (Å²) in [6.07, 6.45) is -0.402. The second kappa shape index (κ2) is 7.48. The van der Waals surface area contributed by atoms with Crippen LogP contribution >= 0.6 is 11.6 Å². The molecule has 1 rings (SSSR count). The smallest absolute Gasteiger partial charge is 0.174 e. The largest absolute Gasteiger partial charge is 0.376 e. The Balaban J connectivity index is 2.58. The zero-order chi connectivity index (χ0) is 12.7. The Kier molecular flexibility index (Phi) is 6.26. The lowest BCUT2D eigenvalue weighted by Gasteiger charge is -2.18. The molecule has 0 unspecified atom stereocenters. The molecule has 0 heterocycles. The van der Waals surface area contributed by atoms with Crippen LogP contribution in [-0.2, 0) is 9.47 Å². The van der Waals surface area contributed by atoms with Gasteiger partial charge in [-0.3, -0.25) is 0 Å². The van der Waals surface area contributed by atoms with Gasteiger partial charge in [-0.15, -0.1) is 0 Å². The maximum Gasteiger partial charge on any atom is 0.174 e. The molecule has 17 heavy (non-hydrogen) atoms. The van der Waals surface area contributed by atoms with Crippen molar-refractivity contribution in [2.24, 2.45) is 0 Å². The van der Waals surface area contributed by atoms with E-state index in [-0.39, 0.29) is 11.5 Å². The van der Waals surface area contributed by atoms with Gasteiger partial charge in [-0.2, -0.15) is 0 Å². The molecule has 0 saturated carbocycles. The molecule has 0 bridgehead atoms. The first kappa shape index (κ1) is 14.2. The molecule has 0 saturated heterocycles. The number of ether oxygens (including phenoxy) is 2. The van der Waals surface area contributed by atoms with E-state index in [1.807, 2.05) is 13.8 Å². The van der Waals surface area contributed by atoms with E-state index in [1.54, 1.807) is 12.1 Å². The topological polar surface area (TPSA) is 30.5 Å².